The van der Waals surface area contributed by atoms with Crippen LogP contribution in [0.2, 0.25) is 0 Å². The summed E-state index contributed by atoms with van der Waals surface area (Å²) in [6, 6.07) is -0.423. The van der Waals surface area contributed by atoms with Crippen LogP contribution in [-0.4, -0.2) is 28.7 Å². The molecule has 1 rings (SSSR count). The Morgan fingerprint density at radius 2 is 2.06 bits per heavy atom. The maximum atomic E-state index is 11.6. The summed E-state index contributed by atoms with van der Waals surface area (Å²) in [6.45, 7) is 3.45. The van der Waals surface area contributed by atoms with Gasteiger partial charge in [-0.05, 0) is 33.1 Å². The fourth-order valence-corrected chi connectivity index (χ4v) is 1.88. The van der Waals surface area contributed by atoms with Crippen LogP contribution in [-0.2, 0) is 4.79 Å². The predicted octanol–water partition coefficient (Wildman–Crippen LogP) is 0.951. The Bertz CT molecular complexity index is 357. The zero-order chi connectivity index (χ0) is 13.1. The Kier molecular flexibility index (Phi) is 4.00. The first-order valence-corrected chi connectivity index (χ1v) is 5.63. The van der Waals surface area contributed by atoms with E-state index in [4.69, 9.17) is 11.5 Å². The summed E-state index contributed by atoms with van der Waals surface area (Å²) in [6.07, 6.45) is 7.04. The van der Waals surface area contributed by atoms with Gasteiger partial charge in [-0.3, -0.25) is 4.79 Å². The van der Waals surface area contributed by atoms with Gasteiger partial charge in [-0.15, -0.1) is 6.42 Å². The number of carbonyl (C=O) groups excluding carboxylic acids is 1. The van der Waals surface area contributed by atoms with Crippen molar-refractivity contribution in [2.24, 2.45) is 5.92 Å². The van der Waals surface area contributed by atoms with Gasteiger partial charge < -0.3 is 15.7 Å². The molecule has 0 heterocycles. The highest BCUT2D eigenvalue weighted by atomic mass is 16.4. The molecule has 5 nitrogen and oxygen atoms in total. The molecule has 0 spiro atoms. The fraction of sp³-hybridized carbons (Fsp3) is 0.667. The molecule has 5 heteroatoms. The molecule has 94 valence electrons. The molecule has 1 aliphatic rings. The van der Waals surface area contributed by atoms with E-state index >= 15 is 0 Å². The summed E-state index contributed by atoms with van der Waals surface area (Å²) in [4.78, 5) is 22.3. The van der Waals surface area contributed by atoms with Gasteiger partial charge in [-0.25, -0.2) is 4.79 Å². The van der Waals surface area contributed by atoms with Crippen molar-refractivity contribution in [3.8, 4) is 12.3 Å². The van der Waals surface area contributed by atoms with Gasteiger partial charge in [-0.2, -0.15) is 0 Å². The van der Waals surface area contributed by atoms with Gasteiger partial charge in [0.05, 0.1) is 11.5 Å². The second kappa shape index (κ2) is 5.09. The first kappa shape index (κ1) is 13.4. The standard InChI is InChI=1S/C12H18N2O3/c1-4-12(2,3)14-11(17)13-9-6-5-8(7-9)10(15)16/h1,8-9H,5-7H2,2-3H3,(H,15,16)(H2,13,14,17). The molecule has 0 radical (unpaired) electrons. The van der Waals surface area contributed by atoms with Crippen LogP contribution in [0, 0.1) is 18.3 Å². The van der Waals surface area contributed by atoms with E-state index in [0.29, 0.717) is 19.3 Å². The molecule has 2 atom stereocenters. The van der Waals surface area contributed by atoms with Gasteiger partial charge in [0.1, 0.15) is 0 Å². The highest BCUT2D eigenvalue weighted by Gasteiger charge is 2.31. The summed E-state index contributed by atoms with van der Waals surface area (Å²) in [5, 5.41) is 14.2. The summed E-state index contributed by atoms with van der Waals surface area (Å²) < 4.78 is 0. The average molecular weight is 238 g/mol. The number of aliphatic carboxylic acids is 1. The van der Waals surface area contributed by atoms with E-state index in [2.05, 4.69) is 16.6 Å². The zero-order valence-corrected chi connectivity index (χ0v) is 10.1. The summed E-state index contributed by atoms with van der Waals surface area (Å²) in [5.74, 6) is 1.32. The van der Waals surface area contributed by atoms with E-state index in [-0.39, 0.29) is 18.0 Å². The Morgan fingerprint density at radius 3 is 2.53 bits per heavy atom. The maximum absolute atomic E-state index is 11.6. The second-order valence-electron chi connectivity index (χ2n) is 4.91. The van der Waals surface area contributed by atoms with Gasteiger partial charge in [-0.1, -0.05) is 5.92 Å². The lowest BCUT2D eigenvalue weighted by Crippen LogP contribution is -2.49. The van der Waals surface area contributed by atoms with Crippen molar-refractivity contribution >= 4 is 12.0 Å². The Morgan fingerprint density at radius 1 is 1.41 bits per heavy atom. The quantitative estimate of drug-likeness (QED) is 0.640. The fourth-order valence-electron chi connectivity index (χ4n) is 1.88. The van der Waals surface area contributed by atoms with Crippen molar-refractivity contribution in [2.45, 2.75) is 44.7 Å². The second-order valence-corrected chi connectivity index (χ2v) is 4.91. The van der Waals surface area contributed by atoms with Crippen molar-refractivity contribution in [3.05, 3.63) is 0 Å². The predicted molar refractivity (Wildman–Crippen MR) is 63.3 cm³/mol. The number of rotatable bonds is 3. The number of hydrogen-bond donors (Lipinski definition) is 3. The molecule has 2 amide bonds. The van der Waals surface area contributed by atoms with E-state index in [9.17, 15) is 9.59 Å². The van der Waals surface area contributed by atoms with Crippen LogP contribution in [0.25, 0.3) is 0 Å². The molecule has 1 saturated carbocycles. The first-order chi connectivity index (χ1) is 7.84. The normalized spacial score (nSPS) is 23.8. The number of amides is 2. The molecule has 1 fully saturated rings. The van der Waals surface area contributed by atoms with Crippen LogP contribution in [0.15, 0.2) is 0 Å². The van der Waals surface area contributed by atoms with Gasteiger partial charge >= 0.3 is 12.0 Å². The topological polar surface area (TPSA) is 78.4 Å². The van der Waals surface area contributed by atoms with Gasteiger partial charge in [0.25, 0.3) is 0 Å². The third-order valence-electron chi connectivity index (χ3n) is 2.90. The third-order valence-corrected chi connectivity index (χ3v) is 2.90. The lowest BCUT2D eigenvalue weighted by molar-refractivity contribution is -0.141. The average Bonchev–Trinajstić information content (AvgIpc) is 2.65. The molecule has 0 aromatic heterocycles. The van der Waals surface area contributed by atoms with E-state index in [1.807, 2.05) is 0 Å². The molecule has 1 aliphatic carbocycles. The van der Waals surface area contributed by atoms with Crippen molar-refractivity contribution in [1.82, 2.24) is 10.6 Å². The number of carboxylic acid groups (broad SMARTS) is 1. The molecule has 0 aromatic carbocycles. The minimum atomic E-state index is -0.793. The van der Waals surface area contributed by atoms with Crippen molar-refractivity contribution in [3.63, 3.8) is 0 Å². The molecule has 0 aliphatic heterocycles. The Balaban J connectivity index is 2.39. The van der Waals surface area contributed by atoms with Gasteiger partial charge in [0.15, 0.2) is 0 Å². The van der Waals surface area contributed by atoms with Crippen LogP contribution in [0.5, 0.6) is 0 Å². The van der Waals surface area contributed by atoms with Crippen LogP contribution < -0.4 is 10.6 Å². The minimum absolute atomic E-state index is 0.0790. The van der Waals surface area contributed by atoms with E-state index in [0.717, 1.165) is 0 Å². The van der Waals surface area contributed by atoms with Crippen molar-refractivity contribution in [2.75, 3.05) is 0 Å². The highest BCUT2D eigenvalue weighted by molar-refractivity contribution is 5.76. The highest BCUT2D eigenvalue weighted by Crippen LogP contribution is 2.25. The van der Waals surface area contributed by atoms with E-state index in [1.165, 1.54) is 0 Å². The third kappa shape index (κ3) is 3.99. The molecular formula is C12H18N2O3. The summed E-state index contributed by atoms with van der Waals surface area (Å²) in [7, 11) is 0. The number of carbonyl (C=O) groups is 2. The lowest BCUT2D eigenvalue weighted by atomic mass is 10.1. The van der Waals surface area contributed by atoms with Crippen LogP contribution in [0.4, 0.5) is 4.79 Å². The van der Waals surface area contributed by atoms with E-state index < -0.39 is 11.5 Å². The molecule has 0 saturated heterocycles. The Labute approximate surface area is 101 Å². The minimum Gasteiger partial charge on any atom is -0.481 e. The molecule has 0 bridgehead atoms. The number of urea groups is 1. The zero-order valence-electron chi connectivity index (χ0n) is 10.1. The van der Waals surface area contributed by atoms with Gasteiger partial charge in [0, 0.05) is 6.04 Å². The molecule has 17 heavy (non-hydrogen) atoms. The van der Waals surface area contributed by atoms with Gasteiger partial charge in [0.2, 0.25) is 0 Å². The van der Waals surface area contributed by atoms with Crippen LogP contribution in [0.3, 0.4) is 0 Å². The summed E-state index contributed by atoms with van der Waals surface area (Å²) >= 11 is 0. The summed E-state index contributed by atoms with van der Waals surface area (Å²) in [5.41, 5.74) is -0.700. The number of hydrogen-bond acceptors (Lipinski definition) is 2. The molecule has 0 aromatic rings. The van der Waals surface area contributed by atoms with E-state index in [1.54, 1.807) is 13.8 Å². The van der Waals surface area contributed by atoms with Crippen LogP contribution in [0.1, 0.15) is 33.1 Å². The van der Waals surface area contributed by atoms with Crippen LogP contribution >= 0.6 is 0 Å². The molecule has 2 unspecified atom stereocenters. The monoisotopic (exact) mass is 238 g/mol. The maximum Gasteiger partial charge on any atom is 0.316 e. The Hall–Kier alpha value is -1.70. The largest absolute Gasteiger partial charge is 0.481 e. The number of nitrogens with one attached hydrogen (secondary N) is 2. The smallest absolute Gasteiger partial charge is 0.316 e. The molecule has 3 N–H and O–H groups in total. The lowest BCUT2D eigenvalue weighted by Gasteiger charge is -2.21. The molecular weight excluding hydrogens is 220 g/mol. The number of terminal acetylenes is 1. The number of carboxylic acids is 1. The first-order valence-electron chi connectivity index (χ1n) is 5.63. The SMILES string of the molecule is C#CC(C)(C)NC(=O)NC1CCC(C(=O)O)C1. The van der Waals surface area contributed by atoms with Crippen molar-refractivity contribution < 1.29 is 14.7 Å². The van der Waals surface area contributed by atoms with Crippen molar-refractivity contribution in [1.29, 1.82) is 0 Å².